The van der Waals surface area contributed by atoms with Crippen LogP contribution in [0.5, 0.6) is 0 Å². The fraction of sp³-hybridized carbons (Fsp3) is 0.625. The lowest BCUT2D eigenvalue weighted by atomic mass is 10.4. The molecule has 0 saturated heterocycles. The minimum atomic E-state index is -0.333. The minimum Gasteiger partial charge on any atom is -0.464 e. The Hall–Kier alpha value is -0.990. The van der Waals surface area contributed by atoms with Gasteiger partial charge in [0, 0.05) is 7.05 Å². The second kappa shape index (κ2) is 9.01. The first-order chi connectivity index (χ1) is 5.26. The first kappa shape index (κ1) is 12.7. The van der Waals surface area contributed by atoms with Gasteiger partial charge in [0.1, 0.15) is 5.70 Å². The Balaban J connectivity index is 0. The van der Waals surface area contributed by atoms with Gasteiger partial charge in [0.15, 0.2) is 0 Å². The van der Waals surface area contributed by atoms with Gasteiger partial charge in [0.25, 0.3) is 0 Å². The first-order valence-electron chi connectivity index (χ1n) is 3.68. The van der Waals surface area contributed by atoms with Crippen LogP contribution in [0.4, 0.5) is 0 Å². The number of esters is 1. The predicted octanol–water partition coefficient (Wildman–Crippen LogP) is 1.31. The van der Waals surface area contributed by atoms with Crippen LogP contribution in [0.15, 0.2) is 11.8 Å². The molecular weight excluding hydrogens is 142 g/mol. The van der Waals surface area contributed by atoms with Crippen molar-refractivity contribution in [1.29, 1.82) is 0 Å². The zero-order valence-electron chi connectivity index (χ0n) is 7.89. The van der Waals surface area contributed by atoms with Crippen LogP contribution < -0.4 is 5.32 Å². The molecule has 0 unspecified atom stereocenters. The molecule has 0 heterocycles. The molecule has 66 valence electrons. The molecule has 3 nitrogen and oxygen atoms in total. The summed E-state index contributed by atoms with van der Waals surface area (Å²) in [5.41, 5.74) is 0.484. The van der Waals surface area contributed by atoms with E-state index in [0.29, 0.717) is 5.70 Å². The van der Waals surface area contributed by atoms with Gasteiger partial charge >= 0.3 is 5.97 Å². The monoisotopic (exact) mass is 159 g/mol. The van der Waals surface area contributed by atoms with E-state index in [2.05, 4.69) is 10.1 Å². The van der Waals surface area contributed by atoms with Crippen LogP contribution in [0, 0.1) is 0 Å². The smallest absolute Gasteiger partial charge is 0.353 e. The van der Waals surface area contributed by atoms with E-state index in [4.69, 9.17) is 0 Å². The Morgan fingerprint density at radius 2 is 1.91 bits per heavy atom. The van der Waals surface area contributed by atoms with Crippen LogP contribution in [0.1, 0.15) is 20.8 Å². The molecule has 0 atom stereocenters. The van der Waals surface area contributed by atoms with Crippen molar-refractivity contribution < 1.29 is 9.53 Å². The zero-order valence-corrected chi connectivity index (χ0v) is 7.89. The highest BCUT2D eigenvalue weighted by atomic mass is 16.5. The minimum absolute atomic E-state index is 0.333. The van der Waals surface area contributed by atoms with Crippen LogP contribution in [-0.2, 0) is 9.53 Å². The van der Waals surface area contributed by atoms with Gasteiger partial charge in [-0.25, -0.2) is 4.79 Å². The Bertz CT molecular complexity index is 130. The Kier molecular flexibility index (Phi) is 10.4. The van der Waals surface area contributed by atoms with Crippen molar-refractivity contribution in [3.63, 3.8) is 0 Å². The summed E-state index contributed by atoms with van der Waals surface area (Å²) >= 11 is 0. The summed E-state index contributed by atoms with van der Waals surface area (Å²) < 4.78 is 4.42. The number of carbonyl (C=O) groups excluding carboxylic acids is 1. The molecule has 0 aliphatic heterocycles. The highest BCUT2D eigenvalue weighted by Gasteiger charge is 2.02. The van der Waals surface area contributed by atoms with Crippen molar-refractivity contribution >= 4 is 5.97 Å². The van der Waals surface area contributed by atoms with Crippen molar-refractivity contribution in [3.05, 3.63) is 11.8 Å². The third kappa shape index (κ3) is 5.45. The number of hydrogen-bond donors (Lipinski definition) is 1. The molecule has 3 heteroatoms. The summed E-state index contributed by atoms with van der Waals surface area (Å²) in [6, 6.07) is 0. The Labute approximate surface area is 68.4 Å². The molecule has 0 amide bonds. The standard InChI is InChI=1S/C6H11NO2.C2H6/c1-4-5(7-2)6(8)9-3;1-2/h4,7H,1-3H3;1-2H3/b5-4-;. The van der Waals surface area contributed by atoms with Crippen molar-refractivity contribution in [1.82, 2.24) is 5.32 Å². The average Bonchev–Trinajstić information content (AvgIpc) is 2.10. The molecule has 0 aliphatic rings. The average molecular weight is 159 g/mol. The number of hydrogen-bond acceptors (Lipinski definition) is 3. The van der Waals surface area contributed by atoms with Gasteiger partial charge in [-0.2, -0.15) is 0 Å². The molecule has 0 radical (unpaired) electrons. The summed E-state index contributed by atoms with van der Waals surface area (Å²) in [7, 11) is 3.02. The summed E-state index contributed by atoms with van der Waals surface area (Å²) in [4.78, 5) is 10.6. The molecule has 0 rings (SSSR count). The van der Waals surface area contributed by atoms with Gasteiger partial charge in [0.05, 0.1) is 7.11 Å². The van der Waals surface area contributed by atoms with E-state index in [-0.39, 0.29) is 5.97 Å². The van der Waals surface area contributed by atoms with E-state index < -0.39 is 0 Å². The zero-order chi connectivity index (χ0) is 9.28. The molecule has 0 aromatic heterocycles. The SMILES string of the molecule is C/C=C(\NC)C(=O)OC.CC. The molecule has 0 spiro atoms. The number of rotatable bonds is 2. The third-order valence-corrected chi connectivity index (χ3v) is 0.963. The summed E-state index contributed by atoms with van der Waals surface area (Å²) in [6.07, 6.45) is 1.66. The van der Waals surface area contributed by atoms with Crippen molar-refractivity contribution in [2.24, 2.45) is 0 Å². The van der Waals surface area contributed by atoms with Crippen molar-refractivity contribution in [3.8, 4) is 0 Å². The second-order valence-corrected chi connectivity index (χ2v) is 1.44. The topological polar surface area (TPSA) is 38.3 Å². The van der Waals surface area contributed by atoms with Gasteiger partial charge in [0.2, 0.25) is 0 Å². The lowest BCUT2D eigenvalue weighted by molar-refractivity contribution is -0.136. The van der Waals surface area contributed by atoms with Crippen LogP contribution in [0.25, 0.3) is 0 Å². The Morgan fingerprint density at radius 3 is 2.00 bits per heavy atom. The number of likely N-dealkylation sites (N-methyl/N-ethyl adjacent to an activating group) is 1. The molecule has 0 aromatic rings. The van der Waals surface area contributed by atoms with Crippen molar-refractivity contribution in [2.75, 3.05) is 14.2 Å². The molecule has 11 heavy (non-hydrogen) atoms. The van der Waals surface area contributed by atoms with Gasteiger partial charge < -0.3 is 10.1 Å². The van der Waals surface area contributed by atoms with Gasteiger partial charge in [-0.3, -0.25) is 0 Å². The molecule has 0 fully saturated rings. The second-order valence-electron chi connectivity index (χ2n) is 1.44. The summed E-state index contributed by atoms with van der Waals surface area (Å²) in [5.74, 6) is -0.333. The molecule has 0 aromatic carbocycles. The normalized spacial score (nSPS) is 9.36. The number of methoxy groups -OCH3 is 1. The largest absolute Gasteiger partial charge is 0.464 e. The van der Waals surface area contributed by atoms with Gasteiger partial charge in [-0.05, 0) is 6.92 Å². The molecule has 0 aliphatic carbocycles. The fourth-order valence-electron chi connectivity index (χ4n) is 0.474. The van der Waals surface area contributed by atoms with Gasteiger partial charge in [-0.1, -0.05) is 19.9 Å². The van der Waals surface area contributed by atoms with E-state index >= 15 is 0 Å². The molecule has 0 saturated carbocycles. The maximum atomic E-state index is 10.6. The van der Waals surface area contributed by atoms with Crippen LogP contribution in [0.3, 0.4) is 0 Å². The fourth-order valence-corrected chi connectivity index (χ4v) is 0.474. The first-order valence-corrected chi connectivity index (χ1v) is 3.68. The predicted molar refractivity (Wildman–Crippen MR) is 46.2 cm³/mol. The van der Waals surface area contributed by atoms with Gasteiger partial charge in [-0.15, -0.1) is 0 Å². The van der Waals surface area contributed by atoms with E-state index in [9.17, 15) is 4.79 Å². The van der Waals surface area contributed by atoms with E-state index in [0.717, 1.165) is 0 Å². The Morgan fingerprint density at radius 1 is 1.45 bits per heavy atom. The van der Waals surface area contributed by atoms with E-state index in [1.807, 2.05) is 13.8 Å². The lowest BCUT2D eigenvalue weighted by Gasteiger charge is -2.00. The van der Waals surface area contributed by atoms with E-state index in [1.54, 1.807) is 20.0 Å². The maximum absolute atomic E-state index is 10.6. The maximum Gasteiger partial charge on any atom is 0.353 e. The number of allylic oxidation sites excluding steroid dienone is 1. The molecular formula is C8H17NO2. The van der Waals surface area contributed by atoms with Crippen LogP contribution >= 0.6 is 0 Å². The van der Waals surface area contributed by atoms with Crippen LogP contribution in [0.2, 0.25) is 0 Å². The quantitative estimate of drug-likeness (QED) is 0.487. The summed E-state index contributed by atoms with van der Waals surface area (Å²) in [5, 5.41) is 2.69. The van der Waals surface area contributed by atoms with E-state index in [1.165, 1.54) is 7.11 Å². The highest BCUT2D eigenvalue weighted by Crippen LogP contribution is 1.88. The number of nitrogens with one attached hydrogen (secondary N) is 1. The highest BCUT2D eigenvalue weighted by molar-refractivity contribution is 5.87. The lowest BCUT2D eigenvalue weighted by Crippen LogP contribution is -2.16. The third-order valence-electron chi connectivity index (χ3n) is 0.963. The molecule has 1 N–H and O–H groups in total. The van der Waals surface area contributed by atoms with Crippen LogP contribution in [-0.4, -0.2) is 20.1 Å². The summed E-state index contributed by atoms with van der Waals surface area (Å²) in [6.45, 7) is 5.77. The molecule has 0 bridgehead atoms. The number of ether oxygens (including phenoxy) is 1. The van der Waals surface area contributed by atoms with Crippen molar-refractivity contribution in [2.45, 2.75) is 20.8 Å². The number of carbonyl (C=O) groups is 1.